The van der Waals surface area contributed by atoms with Gasteiger partial charge in [0, 0.05) is 30.7 Å². The summed E-state index contributed by atoms with van der Waals surface area (Å²) in [6.45, 7) is 5.69. The number of fused-ring (bicyclic) bond motifs is 1. The normalized spacial score (nSPS) is 21.0. The molecule has 24 heavy (non-hydrogen) atoms. The Labute approximate surface area is 142 Å². The molecule has 2 atom stereocenters. The van der Waals surface area contributed by atoms with Gasteiger partial charge in [0.1, 0.15) is 11.9 Å². The van der Waals surface area contributed by atoms with E-state index in [2.05, 4.69) is 29.5 Å². The van der Waals surface area contributed by atoms with Crippen molar-refractivity contribution in [2.24, 2.45) is 5.92 Å². The summed E-state index contributed by atoms with van der Waals surface area (Å²) in [5.74, 6) is 1.38. The molecule has 1 amide bonds. The summed E-state index contributed by atoms with van der Waals surface area (Å²) in [4.78, 5) is 16.4. The van der Waals surface area contributed by atoms with Gasteiger partial charge in [-0.3, -0.25) is 9.78 Å². The quantitative estimate of drug-likeness (QED) is 0.886. The average Bonchev–Trinajstić information content (AvgIpc) is 2.60. The maximum atomic E-state index is 12.2. The number of benzene rings is 1. The highest BCUT2D eigenvalue weighted by atomic mass is 16.5. The van der Waals surface area contributed by atoms with Gasteiger partial charge in [-0.25, -0.2) is 0 Å². The lowest BCUT2D eigenvalue weighted by atomic mass is 10.0. The number of nitrogens with zero attached hydrogens (tertiary/aromatic N) is 1. The van der Waals surface area contributed by atoms with Crippen molar-refractivity contribution in [3.63, 3.8) is 0 Å². The fraction of sp³-hybridized carbons (Fsp3) is 0.474. The molecular formula is C19H25N3O2. The van der Waals surface area contributed by atoms with Crippen LogP contribution in [0.3, 0.4) is 0 Å². The number of ether oxygens (including phenoxy) is 1. The standard InChI is InChI=1S/C19H25N3O2/c1-13(2)11-22-19(23)18-10-17(6-8-21-18)24-16-4-3-15-12-20-7-5-14(15)9-16/h3-5,7,9,12-13,17-18,21H,6,8,10-11H2,1-2H3,(H,22,23)/t17-,18-/m1/s1. The van der Waals surface area contributed by atoms with Crippen molar-refractivity contribution in [1.29, 1.82) is 0 Å². The molecule has 3 rings (SSSR count). The molecule has 2 heterocycles. The highest BCUT2D eigenvalue weighted by molar-refractivity contribution is 5.83. The Kier molecular flexibility index (Phi) is 5.30. The van der Waals surface area contributed by atoms with Gasteiger partial charge in [-0.2, -0.15) is 0 Å². The number of carbonyl (C=O) groups excluding carboxylic acids is 1. The van der Waals surface area contributed by atoms with Crippen LogP contribution in [0.1, 0.15) is 26.7 Å². The maximum absolute atomic E-state index is 12.2. The van der Waals surface area contributed by atoms with Gasteiger partial charge in [-0.05, 0) is 48.5 Å². The van der Waals surface area contributed by atoms with Crippen LogP contribution in [0.25, 0.3) is 10.8 Å². The number of hydrogen-bond acceptors (Lipinski definition) is 4. The lowest BCUT2D eigenvalue weighted by molar-refractivity contribution is -0.124. The van der Waals surface area contributed by atoms with Crippen LogP contribution in [0.2, 0.25) is 0 Å². The summed E-state index contributed by atoms with van der Waals surface area (Å²) in [5.41, 5.74) is 0. The van der Waals surface area contributed by atoms with E-state index in [1.54, 1.807) is 6.20 Å². The van der Waals surface area contributed by atoms with Crippen LogP contribution < -0.4 is 15.4 Å². The third kappa shape index (κ3) is 4.23. The van der Waals surface area contributed by atoms with E-state index >= 15 is 0 Å². The molecular weight excluding hydrogens is 302 g/mol. The Morgan fingerprint density at radius 3 is 3.08 bits per heavy atom. The molecule has 2 N–H and O–H groups in total. The van der Waals surface area contributed by atoms with Gasteiger partial charge in [-0.1, -0.05) is 13.8 Å². The second-order valence-electron chi connectivity index (χ2n) is 6.79. The molecule has 1 fully saturated rings. The van der Waals surface area contributed by atoms with Crippen molar-refractivity contribution < 1.29 is 9.53 Å². The van der Waals surface area contributed by atoms with E-state index in [-0.39, 0.29) is 18.1 Å². The van der Waals surface area contributed by atoms with Gasteiger partial charge < -0.3 is 15.4 Å². The third-order valence-corrected chi connectivity index (χ3v) is 4.27. The molecule has 0 aliphatic carbocycles. The number of nitrogens with one attached hydrogen (secondary N) is 2. The maximum Gasteiger partial charge on any atom is 0.237 e. The molecule has 1 aliphatic rings. The van der Waals surface area contributed by atoms with Crippen molar-refractivity contribution >= 4 is 16.7 Å². The van der Waals surface area contributed by atoms with E-state index in [0.717, 1.165) is 29.5 Å². The molecule has 128 valence electrons. The molecule has 1 aromatic carbocycles. The molecule has 0 radical (unpaired) electrons. The molecule has 0 saturated carbocycles. The minimum absolute atomic E-state index is 0.0559. The number of carbonyl (C=O) groups is 1. The summed E-state index contributed by atoms with van der Waals surface area (Å²) < 4.78 is 6.13. The number of hydrogen-bond donors (Lipinski definition) is 2. The van der Waals surface area contributed by atoms with Crippen LogP contribution in [0.4, 0.5) is 0 Å². The van der Waals surface area contributed by atoms with Gasteiger partial charge in [0.2, 0.25) is 5.91 Å². The number of piperidine rings is 1. The van der Waals surface area contributed by atoms with E-state index in [1.807, 2.05) is 30.5 Å². The van der Waals surface area contributed by atoms with Crippen molar-refractivity contribution in [1.82, 2.24) is 15.6 Å². The van der Waals surface area contributed by atoms with E-state index in [1.165, 1.54) is 0 Å². The van der Waals surface area contributed by atoms with Crippen molar-refractivity contribution in [3.05, 3.63) is 36.7 Å². The first-order valence-electron chi connectivity index (χ1n) is 8.63. The summed E-state index contributed by atoms with van der Waals surface area (Å²) in [6, 6.07) is 7.83. The Balaban J connectivity index is 1.60. The lowest BCUT2D eigenvalue weighted by Crippen LogP contribution is -2.51. The zero-order valence-electron chi connectivity index (χ0n) is 14.3. The van der Waals surface area contributed by atoms with Gasteiger partial charge in [0.25, 0.3) is 0 Å². The first kappa shape index (κ1) is 16.7. The monoisotopic (exact) mass is 327 g/mol. The van der Waals surface area contributed by atoms with Crippen LogP contribution in [0.15, 0.2) is 36.7 Å². The molecule has 1 aromatic heterocycles. The second kappa shape index (κ2) is 7.62. The van der Waals surface area contributed by atoms with E-state index in [0.29, 0.717) is 18.9 Å². The highest BCUT2D eigenvalue weighted by Crippen LogP contribution is 2.23. The Morgan fingerprint density at radius 2 is 2.25 bits per heavy atom. The smallest absolute Gasteiger partial charge is 0.237 e. The summed E-state index contributed by atoms with van der Waals surface area (Å²) in [5, 5.41) is 8.50. The van der Waals surface area contributed by atoms with E-state index < -0.39 is 0 Å². The largest absolute Gasteiger partial charge is 0.490 e. The van der Waals surface area contributed by atoms with Gasteiger partial charge in [-0.15, -0.1) is 0 Å². The Morgan fingerprint density at radius 1 is 1.38 bits per heavy atom. The summed E-state index contributed by atoms with van der Waals surface area (Å²) in [6.07, 6.45) is 5.28. The zero-order chi connectivity index (χ0) is 16.9. The number of aromatic nitrogens is 1. The third-order valence-electron chi connectivity index (χ3n) is 4.27. The van der Waals surface area contributed by atoms with E-state index in [9.17, 15) is 4.79 Å². The molecule has 0 bridgehead atoms. The zero-order valence-corrected chi connectivity index (χ0v) is 14.3. The van der Waals surface area contributed by atoms with Crippen molar-refractivity contribution in [2.75, 3.05) is 13.1 Å². The van der Waals surface area contributed by atoms with Gasteiger partial charge in [0.15, 0.2) is 0 Å². The van der Waals surface area contributed by atoms with E-state index in [4.69, 9.17) is 4.74 Å². The average molecular weight is 327 g/mol. The first-order valence-corrected chi connectivity index (χ1v) is 8.63. The molecule has 0 unspecified atom stereocenters. The Hall–Kier alpha value is -2.14. The fourth-order valence-corrected chi connectivity index (χ4v) is 2.94. The summed E-state index contributed by atoms with van der Waals surface area (Å²) >= 11 is 0. The number of pyridine rings is 1. The predicted molar refractivity (Wildman–Crippen MR) is 95.0 cm³/mol. The summed E-state index contributed by atoms with van der Waals surface area (Å²) in [7, 11) is 0. The van der Waals surface area contributed by atoms with Crippen molar-refractivity contribution in [2.45, 2.75) is 38.8 Å². The number of rotatable bonds is 5. The molecule has 1 aliphatic heterocycles. The molecule has 0 spiro atoms. The number of amides is 1. The Bertz CT molecular complexity index is 702. The molecule has 2 aromatic rings. The van der Waals surface area contributed by atoms with Crippen LogP contribution in [-0.2, 0) is 4.79 Å². The van der Waals surface area contributed by atoms with Gasteiger partial charge >= 0.3 is 0 Å². The molecule has 1 saturated heterocycles. The highest BCUT2D eigenvalue weighted by Gasteiger charge is 2.28. The van der Waals surface area contributed by atoms with Gasteiger partial charge in [0.05, 0.1) is 6.04 Å². The predicted octanol–water partition coefficient (Wildman–Crippen LogP) is 2.51. The topological polar surface area (TPSA) is 63.2 Å². The second-order valence-corrected chi connectivity index (χ2v) is 6.79. The van der Waals surface area contributed by atoms with Crippen LogP contribution >= 0.6 is 0 Å². The van der Waals surface area contributed by atoms with Crippen LogP contribution in [-0.4, -0.2) is 36.1 Å². The van der Waals surface area contributed by atoms with Crippen LogP contribution in [0, 0.1) is 5.92 Å². The fourth-order valence-electron chi connectivity index (χ4n) is 2.94. The SMILES string of the molecule is CC(C)CNC(=O)[C@H]1C[C@H](Oc2ccc3cnccc3c2)CCN1. The van der Waals surface area contributed by atoms with Crippen LogP contribution in [0.5, 0.6) is 5.75 Å². The lowest BCUT2D eigenvalue weighted by Gasteiger charge is -2.30. The minimum atomic E-state index is -0.174. The molecule has 5 heteroatoms. The first-order chi connectivity index (χ1) is 11.6. The minimum Gasteiger partial charge on any atom is -0.490 e. The van der Waals surface area contributed by atoms with Crippen molar-refractivity contribution in [3.8, 4) is 5.75 Å². The molecule has 5 nitrogen and oxygen atoms in total.